The van der Waals surface area contributed by atoms with Crippen LogP contribution in [0.15, 0.2) is 48.5 Å². The van der Waals surface area contributed by atoms with Crippen molar-refractivity contribution in [2.24, 2.45) is 0 Å². The van der Waals surface area contributed by atoms with Gasteiger partial charge in [-0.15, -0.1) is 0 Å². The van der Waals surface area contributed by atoms with Gasteiger partial charge in [0.25, 0.3) is 5.91 Å². The van der Waals surface area contributed by atoms with Crippen molar-refractivity contribution in [3.05, 3.63) is 76.2 Å². The number of aromatic amines is 1. The Morgan fingerprint density at radius 1 is 1.11 bits per heavy atom. The van der Waals surface area contributed by atoms with Crippen LogP contribution < -0.4 is 0 Å². The summed E-state index contributed by atoms with van der Waals surface area (Å²) in [6.07, 6.45) is 3.05. The molecule has 1 N–H and O–H groups in total. The lowest BCUT2D eigenvalue weighted by Crippen LogP contribution is -2.30. The van der Waals surface area contributed by atoms with Gasteiger partial charge in [-0.05, 0) is 36.2 Å². The van der Waals surface area contributed by atoms with E-state index < -0.39 is 0 Å². The fraction of sp³-hybridized carbons (Fsp3) is 0.273. The SMILES string of the molecule is CCCCCN1C(=O)c2[nH]nc(-c3ccc(Cl)cc3)c2C1c1ccc(F)cc1. The Bertz CT molecular complexity index is 982. The first-order valence-electron chi connectivity index (χ1n) is 9.50. The number of H-pyrrole nitrogens is 1. The van der Waals surface area contributed by atoms with E-state index in [9.17, 15) is 9.18 Å². The van der Waals surface area contributed by atoms with Crippen LogP contribution in [0.3, 0.4) is 0 Å². The maximum Gasteiger partial charge on any atom is 0.273 e. The van der Waals surface area contributed by atoms with E-state index in [0.717, 1.165) is 41.6 Å². The summed E-state index contributed by atoms with van der Waals surface area (Å²) in [5, 5.41) is 8.00. The molecule has 1 aromatic heterocycles. The van der Waals surface area contributed by atoms with Crippen LogP contribution in [-0.4, -0.2) is 27.5 Å². The molecule has 0 fully saturated rings. The number of hydrogen-bond acceptors (Lipinski definition) is 2. The summed E-state index contributed by atoms with van der Waals surface area (Å²) >= 11 is 6.02. The molecule has 0 aliphatic carbocycles. The Morgan fingerprint density at radius 3 is 2.50 bits per heavy atom. The fourth-order valence-electron chi connectivity index (χ4n) is 3.78. The highest BCUT2D eigenvalue weighted by atomic mass is 35.5. The number of halogens is 2. The molecule has 2 aromatic carbocycles. The van der Waals surface area contributed by atoms with E-state index in [2.05, 4.69) is 17.1 Å². The molecule has 0 radical (unpaired) electrons. The van der Waals surface area contributed by atoms with Crippen LogP contribution in [0.2, 0.25) is 5.02 Å². The average molecular weight is 398 g/mol. The summed E-state index contributed by atoms with van der Waals surface area (Å²) in [6, 6.07) is 13.5. The smallest absolute Gasteiger partial charge is 0.273 e. The second-order valence-electron chi connectivity index (χ2n) is 7.03. The zero-order chi connectivity index (χ0) is 19.7. The molecule has 1 aliphatic rings. The maximum atomic E-state index is 13.5. The lowest BCUT2D eigenvalue weighted by atomic mass is 9.96. The quantitative estimate of drug-likeness (QED) is 0.550. The van der Waals surface area contributed by atoms with Crippen molar-refractivity contribution in [3.8, 4) is 11.3 Å². The topological polar surface area (TPSA) is 49.0 Å². The normalized spacial score (nSPS) is 15.9. The largest absolute Gasteiger partial charge is 0.326 e. The van der Waals surface area contributed by atoms with Crippen LogP contribution in [-0.2, 0) is 0 Å². The van der Waals surface area contributed by atoms with Gasteiger partial charge < -0.3 is 4.90 Å². The number of benzene rings is 2. The number of unbranched alkanes of at least 4 members (excludes halogenated alkanes) is 2. The van der Waals surface area contributed by atoms with E-state index in [1.54, 1.807) is 24.3 Å². The van der Waals surface area contributed by atoms with Gasteiger partial charge in [-0.25, -0.2) is 4.39 Å². The molecule has 0 bridgehead atoms. The second kappa shape index (κ2) is 7.76. The molecule has 2 heterocycles. The van der Waals surface area contributed by atoms with Gasteiger partial charge in [-0.2, -0.15) is 5.10 Å². The van der Waals surface area contributed by atoms with Crippen molar-refractivity contribution in [3.63, 3.8) is 0 Å². The van der Waals surface area contributed by atoms with Gasteiger partial charge in [0.05, 0.1) is 11.7 Å². The number of fused-ring (bicyclic) bond motifs is 1. The van der Waals surface area contributed by atoms with Crippen LogP contribution in [0.5, 0.6) is 0 Å². The van der Waals surface area contributed by atoms with E-state index in [1.165, 1.54) is 12.1 Å². The van der Waals surface area contributed by atoms with E-state index in [1.807, 2.05) is 17.0 Å². The highest BCUT2D eigenvalue weighted by Crippen LogP contribution is 2.43. The van der Waals surface area contributed by atoms with Crippen LogP contribution in [0, 0.1) is 5.82 Å². The average Bonchev–Trinajstić information content (AvgIpc) is 3.23. The summed E-state index contributed by atoms with van der Waals surface area (Å²) in [5.41, 5.74) is 3.84. The molecule has 0 spiro atoms. The van der Waals surface area contributed by atoms with Crippen molar-refractivity contribution in [2.75, 3.05) is 6.54 Å². The molecule has 1 unspecified atom stereocenters. The molecule has 0 saturated carbocycles. The lowest BCUT2D eigenvalue weighted by Gasteiger charge is -2.26. The number of hydrogen-bond donors (Lipinski definition) is 1. The molecule has 144 valence electrons. The van der Waals surface area contributed by atoms with Crippen LogP contribution in [0.25, 0.3) is 11.3 Å². The Kier molecular flexibility index (Phi) is 5.18. The standard InChI is InChI=1S/C22H21ClFN3O/c1-2-3-4-13-27-21(15-7-11-17(24)12-8-15)18-19(25-26-20(18)22(27)28)14-5-9-16(23)10-6-14/h5-12,21H,2-4,13H2,1H3,(H,25,26). The Morgan fingerprint density at radius 2 is 1.82 bits per heavy atom. The molecule has 3 aromatic rings. The van der Waals surface area contributed by atoms with Crippen molar-refractivity contribution in [2.45, 2.75) is 32.2 Å². The van der Waals surface area contributed by atoms with Crippen LogP contribution in [0.4, 0.5) is 4.39 Å². The molecule has 4 rings (SSSR count). The highest BCUT2D eigenvalue weighted by Gasteiger charge is 2.41. The number of carbonyl (C=O) groups excluding carboxylic acids is 1. The lowest BCUT2D eigenvalue weighted by molar-refractivity contribution is 0.0740. The third kappa shape index (κ3) is 3.31. The maximum absolute atomic E-state index is 13.5. The predicted molar refractivity (Wildman–Crippen MR) is 108 cm³/mol. The predicted octanol–water partition coefficient (Wildman–Crippen LogP) is 5.60. The highest BCUT2D eigenvalue weighted by molar-refractivity contribution is 6.30. The van der Waals surface area contributed by atoms with E-state index in [4.69, 9.17) is 11.6 Å². The van der Waals surface area contributed by atoms with Crippen molar-refractivity contribution in [1.82, 2.24) is 15.1 Å². The molecular formula is C22H21ClFN3O. The Labute approximate surface area is 168 Å². The van der Waals surface area contributed by atoms with E-state index in [-0.39, 0.29) is 17.8 Å². The van der Waals surface area contributed by atoms with Crippen molar-refractivity contribution in [1.29, 1.82) is 0 Å². The molecule has 4 nitrogen and oxygen atoms in total. The third-order valence-corrected chi connectivity index (χ3v) is 5.42. The number of amides is 1. The van der Waals surface area contributed by atoms with Crippen LogP contribution in [0.1, 0.15) is 53.8 Å². The molecule has 1 aliphatic heterocycles. The molecular weight excluding hydrogens is 377 g/mol. The first-order chi connectivity index (χ1) is 13.6. The fourth-order valence-corrected chi connectivity index (χ4v) is 3.90. The number of nitrogens with one attached hydrogen (secondary N) is 1. The Balaban J connectivity index is 1.80. The van der Waals surface area contributed by atoms with Gasteiger partial charge in [0.1, 0.15) is 11.5 Å². The minimum absolute atomic E-state index is 0.0619. The number of carbonyl (C=O) groups is 1. The van der Waals surface area contributed by atoms with Gasteiger partial charge in [-0.3, -0.25) is 9.89 Å². The van der Waals surface area contributed by atoms with Gasteiger partial charge in [0, 0.05) is 22.7 Å². The van der Waals surface area contributed by atoms with Gasteiger partial charge >= 0.3 is 0 Å². The molecule has 0 saturated heterocycles. The van der Waals surface area contributed by atoms with Crippen molar-refractivity contribution >= 4 is 17.5 Å². The summed E-state index contributed by atoms with van der Waals surface area (Å²) in [7, 11) is 0. The minimum Gasteiger partial charge on any atom is -0.326 e. The van der Waals surface area contributed by atoms with Gasteiger partial charge in [-0.1, -0.05) is 55.6 Å². The summed E-state index contributed by atoms with van der Waals surface area (Å²) in [4.78, 5) is 15.0. The molecule has 6 heteroatoms. The summed E-state index contributed by atoms with van der Waals surface area (Å²) in [6.45, 7) is 2.78. The monoisotopic (exact) mass is 397 g/mol. The third-order valence-electron chi connectivity index (χ3n) is 5.17. The molecule has 1 atom stereocenters. The summed E-state index contributed by atoms with van der Waals surface area (Å²) < 4.78 is 13.5. The first-order valence-corrected chi connectivity index (χ1v) is 9.88. The van der Waals surface area contributed by atoms with Gasteiger partial charge in [0.2, 0.25) is 0 Å². The first kappa shape index (κ1) is 18.7. The minimum atomic E-state index is -0.295. The second-order valence-corrected chi connectivity index (χ2v) is 7.46. The van der Waals surface area contributed by atoms with Gasteiger partial charge in [0.15, 0.2) is 0 Å². The molecule has 1 amide bonds. The zero-order valence-corrected chi connectivity index (χ0v) is 16.3. The van der Waals surface area contributed by atoms with E-state index in [0.29, 0.717) is 17.3 Å². The number of rotatable bonds is 6. The number of aromatic nitrogens is 2. The summed E-state index contributed by atoms with van der Waals surface area (Å²) in [5.74, 6) is -0.357. The number of nitrogens with zero attached hydrogens (tertiary/aromatic N) is 2. The van der Waals surface area contributed by atoms with Crippen LogP contribution >= 0.6 is 11.6 Å². The molecule has 28 heavy (non-hydrogen) atoms. The zero-order valence-electron chi connectivity index (χ0n) is 15.6. The Hall–Kier alpha value is -2.66. The van der Waals surface area contributed by atoms with E-state index >= 15 is 0 Å². The van der Waals surface area contributed by atoms with Crippen molar-refractivity contribution < 1.29 is 9.18 Å².